The lowest BCUT2D eigenvalue weighted by Crippen LogP contribution is -2.22. The number of benzene rings is 1. The summed E-state index contributed by atoms with van der Waals surface area (Å²) >= 11 is 3.39. The van der Waals surface area contributed by atoms with Crippen molar-refractivity contribution in [3.63, 3.8) is 0 Å². The third-order valence-electron chi connectivity index (χ3n) is 2.71. The largest absolute Gasteiger partial charge is 0.389 e. The lowest BCUT2D eigenvalue weighted by molar-refractivity contribution is 0.0187. The fourth-order valence-corrected chi connectivity index (χ4v) is 2.06. The van der Waals surface area contributed by atoms with Gasteiger partial charge >= 0.3 is 0 Å². The molecule has 4 nitrogen and oxygen atoms in total. The fourth-order valence-electron chi connectivity index (χ4n) is 1.74. The van der Waals surface area contributed by atoms with Crippen LogP contribution in [0.4, 0.5) is 0 Å². The Labute approximate surface area is 121 Å². The number of halogens is 1. The van der Waals surface area contributed by atoms with E-state index in [-0.39, 0.29) is 0 Å². The molecule has 5 heteroatoms. The molecule has 0 aliphatic rings. The average molecular weight is 325 g/mol. The molecule has 1 aromatic carbocycles. The Hall–Kier alpha value is -1.17. The highest BCUT2D eigenvalue weighted by Gasteiger charge is 2.08. The van der Waals surface area contributed by atoms with Crippen LogP contribution in [0.5, 0.6) is 0 Å². The van der Waals surface area contributed by atoms with Crippen LogP contribution in [0, 0.1) is 6.92 Å². The number of nitrogens with zero attached hydrogens (tertiary/aromatic N) is 2. The third-order valence-corrected chi connectivity index (χ3v) is 3.48. The van der Waals surface area contributed by atoms with Crippen molar-refractivity contribution >= 4 is 15.9 Å². The van der Waals surface area contributed by atoms with Crippen LogP contribution >= 0.6 is 15.9 Å². The molecule has 0 fully saturated rings. The molecule has 0 saturated carbocycles. The molecule has 0 bridgehead atoms. The van der Waals surface area contributed by atoms with E-state index in [0.29, 0.717) is 19.8 Å². The molecule has 1 aromatic heterocycles. The van der Waals surface area contributed by atoms with Crippen LogP contribution in [0.15, 0.2) is 41.0 Å². The highest BCUT2D eigenvalue weighted by molar-refractivity contribution is 9.10. The van der Waals surface area contributed by atoms with Crippen LogP contribution < -0.4 is 0 Å². The first-order valence-corrected chi connectivity index (χ1v) is 6.93. The van der Waals surface area contributed by atoms with E-state index in [0.717, 1.165) is 15.7 Å². The number of hydrogen-bond acceptors (Lipinski definition) is 3. The van der Waals surface area contributed by atoms with Gasteiger partial charge in [-0.3, -0.25) is 4.68 Å². The summed E-state index contributed by atoms with van der Waals surface area (Å²) in [7, 11) is 0. The number of aliphatic hydroxyl groups is 1. The van der Waals surface area contributed by atoms with Gasteiger partial charge in [-0.05, 0) is 28.4 Å². The van der Waals surface area contributed by atoms with Crippen LogP contribution in [-0.4, -0.2) is 27.6 Å². The van der Waals surface area contributed by atoms with Gasteiger partial charge in [-0.1, -0.05) is 30.3 Å². The molecule has 0 aliphatic heterocycles. The van der Waals surface area contributed by atoms with Crippen molar-refractivity contribution in [2.75, 3.05) is 6.61 Å². The van der Waals surface area contributed by atoms with Crippen LogP contribution in [0.1, 0.15) is 11.3 Å². The van der Waals surface area contributed by atoms with Gasteiger partial charge < -0.3 is 9.84 Å². The molecule has 2 aromatic rings. The smallest absolute Gasteiger partial charge is 0.0969 e. The van der Waals surface area contributed by atoms with Crippen molar-refractivity contribution in [1.29, 1.82) is 0 Å². The van der Waals surface area contributed by atoms with Crippen LogP contribution in [0.25, 0.3) is 0 Å². The van der Waals surface area contributed by atoms with Crippen molar-refractivity contribution < 1.29 is 9.84 Å². The normalized spacial score (nSPS) is 12.6. The van der Waals surface area contributed by atoms with Crippen molar-refractivity contribution in [2.24, 2.45) is 0 Å². The topological polar surface area (TPSA) is 47.3 Å². The van der Waals surface area contributed by atoms with Gasteiger partial charge in [-0.2, -0.15) is 5.10 Å². The van der Waals surface area contributed by atoms with Crippen molar-refractivity contribution in [3.8, 4) is 0 Å². The SMILES string of the molecule is Cc1nn(C[C@@H](O)COCc2ccccc2)cc1Br. The Bertz CT molecular complexity index is 494. The van der Waals surface area contributed by atoms with Crippen molar-refractivity contribution in [1.82, 2.24) is 9.78 Å². The zero-order valence-corrected chi connectivity index (χ0v) is 12.4. The average Bonchev–Trinajstić information content (AvgIpc) is 2.69. The van der Waals surface area contributed by atoms with E-state index in [4.69, 9.17) is 4.74 Å². The van der Waals surface area contributed by atoms with Crippen molar-refractivity contribution in [2.45, 2.75) is 26.2 Å². The quantitative estimate of drug-likeness (QED) is 0.888. The summed E-state index contributed by atoms with van der Waals surface area (Å²) in [5.41, 5.74) is 2.02. The second-order valence-corrected chi connectivity index (χ2v) is 5.29. The molecule has 102 valence electrons. The molecule has 1 atom stereocenters. The van der Waals surface area contributed by atoms with Crippen LogP contribution in [0.3, 0.4) is 0 Å². The summed E-state index contributed by atoms with van der Waals surface area (Å²) in [5, 5.41) is 14.2. The van der Waals surface area contributed by atoms with E-state index in [2.05, 4.69) is 21.0 Å². The predicted molar refractivity (Wildman–Crippen MR) is 76.8 cm³/mol. The molecule has 0 spiro atoms. The Morgan fingerprint density at radius 2 is 2.11 bits per heavy atom. The molecule has 0 aliphatic carbocycles. The zero-order valence-electron chi connectivity index (χ0n) is 10.8. The minimum atomic E-state index is -0.560. The molecular formula is C14H17BrN2O2. The first-order chi connectivity index (χ1) is 9.15. The van der Waals surface area contributed by atoms with Gasteiger partial charge in [-0.15, -0.1) is 0 Å². The molecule has 0 unspecified atom stereocenters. The highest BCUT2D eigenvalue weighted by atomic mass is 79.9. The lowest BCUT2D eigenvalue weighted by Gasteiger charge is -2.11. The number of aromatic nitrogens is 2. The fraction of sp³-hybridized carbons (Fsp3) is 0.357. The number of ether oxygens (including phenoxy) is 1. The Morgan fingerprint density at radius 3 is 2.74 bits per heavy atom. The van der Waals surface area contributed by atoms with E-state index >= 15 is 0 Å². The van der Waals surface area contributed by atoms with Gasteiger partial charge in [0.25, 0.3) is 0 Å². The van der Waals surface area contributed by atoms with Crippen LogP contribution in [-0.2, 0) is 17.9 Å². The lowest BCUT2D eigenvalue weighted by atomic mass is 10.2. The molecule has 1 heterocycles. The first-order valence-electron chi connectivity index (χ1n) is 6.14. The summed E-state index contributed by atoms with van der Waals surface area (Å²) in [6.45, 7) is 3.16. The number of rotatable bonds is 6. The van der Waals surface area contributed by atoms with E-state index in [1.165, 1.54) is 0 Å². The van der Waals surface area contributed by atoms with Gasteiger partial charge in [0.15, 0.2) is 0 Å². The number of hydrogen-bond donors (Lipinski definition) is 1. The van der Waals surface area contributed by atoms with Gasteiger partial charge in [0, 0.05) is 6.20 Å². The van der Waals surface area contributed by atoms with E-state index < -0.39 is 6.10 Å². The van der Waals surface area contributed by atoms with E-state index in [9.17, 15) is 5.11 Å². The molecule has 1 N–H and O–H groups in total. The van der Waals surface area contributed by atoms with Gasteiger partial charge in [0.05, 0.1) is 36.0 Å². The summed E-state index contributed by atoms with van der Waals surface area (Å²) in [6, 6.07) is 9.91. The maximum absolute atomic E-state index is 9.88. The second kappa shape index (κ2) is 6.84. The van der Waals surface area contributed by atoms with Crippen LogP contribution in [0.2, 0.25) is 0 Å². The summed E-state index contributed by atoms with van der Waals surface area (Å²) in [6.07, 6.45) is 1.30. The third kappa shape index (κ3) is 4.45. The Kier molecular flexibility index (Phi) is 5.13. The van der Waals surface area contributed by atoms with E-state index in [1.54, 1.807) is 4.68 Å². The zero-order chi connectivity index (χ0) is 13.7. The van der Waals surface area contributed by atoms with Crippen molar-refractivity contribution in [3.05, 3.63) is 52.3 Å². The summed E-state index contributed by atoms with van der Waals surface area (Å²) in [4.78, 5) is 0. The molecule has 19 heavy (non-hydrogen) atoms. The summed E-state index contributed by atoms with van der Waals surface area (Å²) in [5.74, 6) is 0. The molecule has 0 radical (unpaired) electrons. The van der Waals surface area contributed by atoms with Gasteiger partial charge in [0.2, 0.25) is 0 Å². The maximum atomic E-state index is 9.88. The highest BCUT2D eigenvalue weighted by Crippen LogP contribution is 2.13. The van der Waals surface area contributed by atoms with Gasteiger partial charge in [-0.25, -0.2) is 0 Å². The molecule has 0 amide bonds. The Morgan fingerprint density at radius 1 is 1.37 bits per heavy atom. The molecule has 2 rings (SSSR count). The Balaban J connectivity index is 1.74. The number of aryl methyl sites for hydroxylation is 1. The van der Waals surface area contributed by atoms with E-state index in [1.807, 2.05) is 43.5 Å². The second-order valence-electron chi connectivity index (χ2n) is 4.44. The standard InChI is InChI=1S/C14H17BrN2O2/c1-11-14(15)8-17(16-11)7-13(18)10-19-9-12-5-3-2-4-6-12/h2-6,8,13,18H,7,9-10H2,1H3/t13-/m1/s1. The predicted octanol–water partition coefficient (Wildman–Crippen LogP) is 2.53. The minimum Gasteiger partial charge on any atom is -0.389 e. The minimum absolute atomic E-state index is 0.297. The maximum Gasteiger partial charge on any atom is 0.0969 e. The molecule has 0 saturated heterocycles. The molecular weight excluding hydrogens is 308 g/mol. The van der Waals surface area contributed by atoms with Gasteiger partial charge in [0.1, 0.15) is 0 Å². The summed E-state index contributed by atoms with van der Waals surface area (Å²) < 4.78 is 8.16. The number of aliphatic hydroxyl groups excluding tert-OH is 1. The monoisotopic (exact) mass is 324 g/mol. The first kappa shape index (κ1) is 14.2.